The molecule has 1 aromatic rings. The van der Waals surface area contributed by atoms with Crippen LogP contribution in [-0.2, 0) is 4.79 Å². The van der Waals surface area contributed by atoms with E-state index in [1.807, 2.05) is 25.1 Å². The van der Waals surface area contributed by atoms with Gasteiger partial charge in [0.05, 0.1) is 5.88 Å². The summed E-state index contributed by atoms with van der Waals surface area (Å²) >= 11 is 3.62. The Kier molecular flexibility index (Phi) is 4.56. The first-order valence-corrected chi connectivity index (χ1v) is 7.86. The van der Waals surface area contributed by atoms with Crippen molar-refractivity contribution >= 4 is 52.0 Å². The molecule has 102 valence electrons. The summed E-state index contributed by atoms with van der Waals surface area (Å²) in [6.07, 6.45) is 0. The van der Waals surface area contributed by atoms with Crippen LogP contribution in [0.3, 0.4) is 0 Å². The molecule has 0 aliphatic carbocycles. The van der Waals surface area contributed by atoms with Crippen molar-refractivity contribution in [1.29, 1.82) is 0 Å². The number of carboxylic acids is 1. The van der Waals surface area contributed by atoms with E-state index in [0.29, 0.717) is 11.6 Å². The number of nitrogens with zero attached hydrogens (tertiary/aromatic N) is 1. The maximum Gasteiger partial charge on any atom is 0.327 e. The minimum absolute atomic E-state index is 0.359. The number of carbonyl (C=O) groups excluding carboxylic acids is 1. The van der Waals surface area contributed by atoms with Gasteiger partial charge in [0.15, 0.2) is 0 Å². The number of carboxylic acid groups (broad SMARTS) is 1. The fourth-order valence-corrected chi connectivity index (χ4v) is 3.40. The number of benzene rings is 1. The largest absolute Gasteiger partial charge is 0.480 e. The van der Waals surface area contributed by atoms with Crippen molar-refractivity contribution in [3.63, 3.8) is 0 Å². The number of nitrogens with one attached hydrogen (secondary N) is 1. The second-order valence-electron chi connectivity index (χ2n) is 4.21. The van der Waals surface area contributed by atoms with Crippen LogP contribution < -0.4 is 5.32 Å². The van der Waals surface area contributed by atoms with Gasteiger partial charge in [0, 0.05) is 15.0 Å². The molecule has 1 aliphatic heterocycles. The second kappa shape index (κ2) is 6.00. The molecule has 5 nitrogen and oxygen atoms in total. The molecule has 1 saturated heterocycles. The number of thioether (sulfide) groups is 1. The first-order chi connectivity index (χ1) is 8.99. The van der Waals surface area contributed by atoms with Gasteiger partial charge in [-0.2, -0.15) is 0 Å². The normalized spacial score (nSPS) is 18.4. The zero-order valence-corrected chi connectivity index (χ0v) is 13.2. The average molecular weight is 392 g/mol. The molecule has 1 atom stereocenters. The van der Waals surface area contributed by atoms with Crippen molar-refractivity contribution in [2.75, 3.05) is 16.9 Å². The van der Waals surface area contributed by atoms with Gasteiger partial charge in [-0.1, -0.05) is 6.07 Å². The van der Waals surface area contributed by atoms with Crippen molar-refractivity contribution in [3.8, 4) is 0 Å². The highest BCUT2D eigenvalue weighted by atomic mass is 127. The summed E-state index contributed by atoms with van der Waals surface area (Å²) in [6, 6.07) is 4.64. The van der Waals surface area contributed by atoms with Crippen LogP contribution in [0.4, 0.5) is 10.5 Å². The van der Waals surface area contributed by atoms with E-state index >= 15 is 0 Å². The molecular weight excluding hydrogens is 379 g/mol. The highest BCUT2D eigenvalue weighted by Crippen LogP contribution is 2.24. The van der Waals surface area contributed by atoms with Gasteiger partial charge in [0.25, 0.3) is 0 Å². The maximum absolute atomic E-state index is 12.1. The predicted octanol–water partition coefficient (Wildman–Crippen LogP) is 2.59. The number of halogens is 1. The lowest BCUT2D eigenvalue weighted by atomic mass is 10.2. The van der Waals surface area contributed by atoms with Crippen molar-refractivity contribution < 1.29 is 14.7 Å². The number of amides is 2. The molecule has 2 N–H and O–H groups in total. The average Bonchev–Trinajstić information content (AvgIpc) is 2.83. The third-order valence-electron chi connectivity index (χ3n) is 2.87. The number of rotatable bonds is 2. The van der Waals surface area contributed by atoms with Gasteiger partial charge in [-0.3, -0.25) is 0 Å². The molecule has 7 heteroatoms. The topological polar surface area (TPSA) is 69.6 Å². The van der Waals surface area contributed by atoms with Crippen molar-refractivity contribution in [2.45, 2.75) is 13.0 Å². The van der Waals surface area contributed by atoms with Crippen LogP contribution in [0.25, 0.3) is 0 Å². The standard InChI is InChI=1S/C12H13IN2O3S/c1-7-2-3-8(13)4-9(7)14-12(18)15-6-19-5-10(15)11(16)17/h2-4,10H,5-6H2,1H3,(H,14,18)(H,16,17)/t10-/m0/s1. The molecule has 19 heavy (non-hydrogen) atoms. The summed E-state index contributed by atoms with van der Waals surface area (Å²) in [5.74, 6) is -0.112. The SMILES string of the molecule is Cc1ccc(I)cc1NC(=O)N1CSC[C@H]1C(=O)O. The highest BCUT2D eigenvalue weighted by Gasteiger charge is 2.34. The lowest BCUT2D eigenvalue weighted by Gasteiger charge is -2.21. The molecule has 1 aliphatic rings. The number of aryl methyl sites for hydroxylation is 1. The van der Waals surface area contributed by atoms with Gasteiger partial charge < -0.3 is 15.3 Å². The second-order valence-corrected chi connectivity index (χ2v) is 6.46. The van der Waals surface area contributed by atoms with Gasteiger partial charge in [-0.25, -0.2) is 9.59 Å². The predicted molar refractivity (Wildman–Crippen MR) is 83.5 cm³/mol. The van der Waals surface area contributed by atoms with Crippen LogP contribution in [0.5, 0.6) is 0 Å². The number of carbonyl (C=O) groups is 2. The van der Waals surface area contributed by atoms with Gasteiger partial charge in [0.1, 0.15) is 6.04 Å². The van der Waals surface area contributed by atoms with Crippen molar-refractivity contribution in [1.82, 2.24) is 4.90 Å². The lowest BCUT2D eigenvalue weighted by Crippen LogP contribution is -2.44. The van der Waals surface area contributed by atoms with E-state index in [1.54, 1.807) is 0 Å². The Hall–Kier alpha value is -0.960. The summed E-state index contributed by atoms with van der Waals surface area (Å²) < 4.78 is 1.02. The Bertz CT molecular complexity index is 524. The fraction of sp³-hybridized carbons (Fsp3) is 0.333. The van der Waals surface area contributed by atoms with E-state index in [9.17, 15) is 9.59 Å². The molecule has 0 bridgehead atoms. The number of urea groups is 1. The van der Waals surface area contributed by atoms with E-state index in [4.69, 9.17) is 5.11 Å². The summed E-state index contributed by atoms with van der Waals surface area (Å²) in [7, 11) is 0. The van der Waals surface area contributed by atoms with Gasteiger partial charge in [-0.15, -0.1) is 11.8 Å². The third kappa shape index (κ3) is 3.33. The Morgan fingerprint density at radius 1 is 1.53 bits per heavy atom. The summed E-state index contributed by atoms with van der Waals surface area (Å²) in [5, 5.41) is 11.8. The first kappa shape index (κ1) is 14.4. The van der Waals surface area contributed by atoms with Gasteiger partial charge >= 0.3 is 12.0 Å². The molecule has 1 aromatic carbocycles. The van der Waals surface area contributed by atoms with Gasteiger partial charge in [0.2, 0.25) is 0 Å². The molecule has 0 saturated carbocycles. The van der Waals surface area contributed by atoms with Crippen LogP contribution in [0, 0.1) is 10.5 Å². The Labute approximate surface area is 128 Å². The van der Waals surface area contributed by atoms with Crippen LogP contribution >= 0.6 is 34.4 Å². The Morgan fingerprint density at radius 3 is 2.95 bits per heavy atom. The van der Waals surface area contributed by atoms with Crippen molar-refractivity contribution in [3.05, 3.63) is 27.3 Å². The highest BCUT2D eigenvalue weighted by molar-refractivity contribution is 14.1. The minimum Gasteiger partial charge on any atom is -0.480 e. The minimum atomic E-state index is -0.959. The zero-order valence-electron chi connectivity index (χ0n) is 10.2. The Morgan fingerprint density at radius 2 is 2.26 bits per heavy atom. The Balaban J connectivity index is 2.12. The molecule has 1 fully saturated rings. The summed E-state index contributed by atoms with van der Waals surface area (Å²) in [6.45, 7) is 1.90. The lowest BCUT2D eigenvalue weighted by molar-refractivity contribution is -0.140. The van der Waals surface area contributed by atoms with Gasteiger partial charge in [-0.05, 0) is 47.2 Å². The monoisotopic (exact) mass is 392 g/mol. The molecular formula is C12H13IN2O3S. The number of hydrogen-bond donors (Lipinski definition) is 2. The third-order valence-corrected chi connectivity index (χ3v) is 4.55. The molecule has 0 spiro atoms. The first-order valence-electron chi connectivity index (χ1n) is 5.63. The molecule has 1 heterocycles. The van der Waals surface area contributed by atoms with Crippen LogP contribution in [0.1, 0.15) is 5.56 Å². The molecule has 0 unspecified atom stereocenters. The molecule has 2 amide bonds. The molecule has 2 rings (SSSR count). The molecule has 0 aromatic heterocycles. The summed E-state index contributed by atoms with van der Waals surface area (Å²) in [4.78, 5) is 24.5. The summed E-state index contributed by atoms with van der Waals surface area (Å²) in [5.41, 5.74) is 1.67. The number of hydrogen-bond acceptors (Lipinski definition) is 3. The van der Waals surface area contributed by atoms with Crippen LogP contribution in [-0.4, -0.2) is 39.7 Å². The van der Waals surface area contributed by atoms with E-state index < -0.39 is 12.0 Å². The maximum atomic E-state index is 12.1. The number of anilines is 1. The smallest absolute Gasteiger partial charge is 0.327 e. The van der Waals surface area contributed by atoms with Crippen LogP contribution in [0.2, 0.25) is 0 Å². The van der Waals surface area contributed by atoms with Crippen molar-refractivity contribution in [2.24, 2.45) is 0 Å². The van der Waals surface area contributed by atoms with E-state index in [0.717, 1.165) is 14.8 Å². The quantitative estimate of drug-likeness (QED) is 0.760. The van der Waals surface area contributed by atoms with E-state index in [2.05, 4.69) is 27.9 Å². The van der Waals surface area contributed by atoms with E-state index in [-0.39, 0.29) is 6.03 Å². The fourth-order valence-electron chi connectivity index (χ4n) is 1.76. The van der Waals surface area contributed by atoms with E-state index in [1.165, 1.54) is 16.7 Å². The molecule has 0 radical (unpaired) electrons. The van der Waals surface area contributed by atoms with Crippen LogP contribution in [0.15, 0.2) is 18.2 Å². The number of aliphatic carboxylic acids is 1. The zero-order chi connectivity index (χ0) is 14.0.